The van der Waals surface area contributed by atoms with Gasteiger partial charge in [-0.05, 0) is 54.3 Å². The predicted molar refractivity (Wildman–Crippen MR) is 159 cm³/mol. The molecule has 0 unspecified atom stereocenters. The van der Waals surface area contributed by atoms with Crippen molar-refractivity contribution in [1.29, 1.82) is 5.26 Å². The van der Waals surface area contributed by atoms with Gasteiger partial charge in [0.2, 0.25) is 5.91 Å². The van der Waals surface area contributed by atoms with Crippen molar-refractivity contribution in [2.75, 3.05) is 18.2 Å². The van der Waals surface area contributed by atoms with E-state index in [9.17, 15) is 10.1 Å². The van der Waals surface area contributed by atoms with Crippen LogP contribution < -0.4 is 10.1 Å². The molecule has 0 aliphatic carbocycles. The predicted octanol–water partition coefficient (Wildman–Crippen LogP) is 7.88. The standard InChI is InChI=1S/C33H27N3O2S/c1-22-10-12-24(13-11-22)28-20-31(25-14-16-26(38-2)17-15-25)36-33(29(28)21-34)39-19-18-32(37)35-30-9-5-7-23-6-3-4-8-27(23)30/h3-17,20H,18-19H2,1-2H3,(H,35,37). The molecule has 6 heteroatoms. The van der Waals surface area contributed by atoms with Gasteiger partial charge in [-0.3, -0.25) is 4.79 Å². The van der Waals surface area contributed by atoms with Gasteiger partial charge in [0.1, 0.15) is 16.8 Å². The Bertz CT molecular complexity index is 1670. The van der Waals surface area contributed by atoms with Crippen molar-refractivity contribution in [2.45, 2.75) is 18.4 Å². The first kappa shape index (κ1) is 26.0. The molecule has 0 saturated carbocycles. The van der Waals surface area contributed by atoms with Crippen LogP contribution in [0.4, 0.5) is 5.69 Å². The number of hydrogen-bond donors (Lipinski definition) is 1. The summed E-state index contributed by atoms with van der Waals surface area (Å²) in [7, 11) is 1.63. The lowest BCUT2D eigenvalue weighted by molar-refractivity contribution is -0.115. The van der Waals surface area contributed by atoms with Gasteiger partial charge >= 0.3 is 0 Å². The molecule has 0 aliphatic heterocycles. The van der Waals surface area contributed by atoms with Crippen LogP contribution in [0.3, 0.4) is 0 Å². The zero-order valence-corrected chi connectivity index (χ0v) is 22.6. The number of aromatic nitrogens is 1. The highest BCUT2D eigenvalue weighted by atomic mass is 32.2. The summed E-state index contributed by atoms with van der Waals surface area (Å²) in [4.78, 5) is 17.7. The SMILES string of the molecule is COc1ccc(-c2cc(-c3ccc(C)cc3)c(C#N)c(SCCC(=O)Nc3cccc4ccccc34)n2)cc1. The number of pyridine rings is 1. The van der Waals surface area contributed by atoms with Crippen LogP contribution in [0.5, 0.6) is 5.75 Å². The summed E-state index contributed by atoms with van der Waals surface area (Å²) < 4.78 is 5.31. The van der Waals surface area contributed by atoms with E-state index in [1.54, 1.807) is 7.11 Å². The highest BCUT2D eigenvalue weighted by Crippen LogP contribution is 2.35. The lowest BCUT2D eigenvalue weighted by atomic mass is 9.98. The van der Waals surface area contributed by atoms with Gasteiger partial charge in [0.05, 0.1) is 18.4 Å². The molecule has 0 bridgehead atoms. The van der Waals surface area contributed by atoms with Crippen LogP contribution in [0.1, 0.15) is 17.5 Å². The summed E-state index contributed by atoms with van der Waals surface area (Å²) in [5, 5.41) is 15.9. The fourth-order valence-corrected chi connectivity index (χ4v) is 5.34. The molecule has 4 aromatic carbocycles. The molecule has 1 N–H and O–H groups in total. The van der Waals surface area contributed by atoms with Gasteiger partial charge in [-0.15, -0.1) is 11.8 Å². The van der Waals surface area contributed by atoms with E-state index in [1.165, 1.54) is 11.8 Å². The highest BCUT2D eigenvalue weighted by Gasteiger charge is 2.17. The third-order valence-electron chi connectivity index (χ3n) is 6.48. The average molecular weight is 530 g/mol. The van der Waals surface area contributed by atoms with E-state index in [0.717, 1.165) is 50.2 Å². The van der Waals surface area contributed by atoms with Gasteiger partial charge in [0.15, 0.2) is 0 Å². The largest absolute Gasteiger partial charge is 0.497 e. The minimum absolute atomic E-state index is 0.0811. The lowest BCUT2D eigenvalue weighted by Crippen LogP contribution is -2.12. The number of carbonyl (C=O) groups is 1. The maximum absolute atomic E-state index is 12.8. The third-order valence-corrected chi connectivity index (χ3v) is 7.46. The summed E-state index contributed by atoms with van der Waals surface area (Å²) in [5.41, 5.74) is 5.90. The molecule has 39 heavy (non-hydrogen) atoms. The number of benzene rings is 4. The Hall–Kier alpha value is -4.60. The first-order valence-electron chi connectivity index (χ1n) is 12.6. The molecular weight excluding hydrogens is 502 g/mol. The normalized spacial score (nSPS) is 10.7. The molecule has 0 saturated heterocycles. The second kappa shape index (κ2) is 11.8. The number of anilines is 1. The zero-order chi connectivity index (χ0) is 27.2. The van der Waals surface area contributed by atoms with Crippen LogP contribution in [-0.4, -0.2) is 23.8 Å². The Morgan fingerprint density at radius 3 is 2.41 bits per heavy atom. The molecule has 5 rings (SSSR count). The van der Waals surface area contributed by atoms with E-state index in [2.05, 4.69) is 11.4 Å². The topological polar surface area (TPSA) is 75.0 Å². The fourth-order valence-electron chi connectivity index (χ4n) is 4.39. The van der Waals surface area contributed by atoms with Crippen LogP contribution >= 0.6 is 11.8 Å². The van der Waals surface area contributed by atoms with E-state index in [4.69, 9.17) is 9.72 Å². The summed E-state index contributed by atoms with van der Waals surface area (Å²) >= 11 is 1.42. The van der Waals surface area contributed by atoms with Gasteiger partial charge < -0.3 is 10.1 Å². The molecule has 1 heterocycles. The fraction of sp³-hybridized carbons (Fsp3) is 0.121. The number of methoxy groups -OCH3 is 1. The summed E-state index contributed by atoms with van der Waals surface area (Å²) in [5.74, 6) is 1.16. The number of carbonyl (C=O) groups excluding carboxylic acids is 1. The number of fused-ring (bicyclic) bond motifs is 1. The number of nitriles is 1. The van der Waals surface area contributed by atoms with Crippen molar-refractivity contribution in [3.05, 3.63) is 108 Å². The molecule has 5 nitrogen and oxygen atoms in total. The first-order chi connectivity index (χ1) is 19.1. The summed E-state index contributed by atoms with van der Waals surface area (Å²) in [6.45, 7) is 2.04. The second-order valence-corrected chi connectivity index (χ2v) is 10.2. The maximum Gasteiger partial charge on any atom is 0.225 e. The quantitative estimate of drug-likeness (QED) is 0.207. The Balaban J connectivity index is 1.41. The van der Waals surface area contributed by atoms with Crippen molar-refractivity contribution in [1.82, 2.24) is 4.98 Å². The molecule has 1 amide bonds. The molecule has 5 aromatic rings. The van der Waals surface area contributed by atoms with Gasteiger partial charge in [0, 0.05) is 34.4 Å². The number of rotatable bonds is 8. The Kier molecular flexibility index (Phi) is 7.91. The number of amides is 1. The molecule has 0 spiro atoms. The van der Waals surface area contributed by atoms with Crippen LogP contribution in [0.25, 0.3) is 33.2 Å². The zero-order valence-electron chi connectivity index (χ0n) is 21.8. The Morgan fingerprint density at radius 1 is 0.949 bits per heavy atom. The van der Waals surface area contributed by atoms with Crippen LogP contribution in [0.2, 0.25) is 0 Å². The molecule has 0 fully saturated rings. The van der Waals surface area contributed by atoms with Gasteiger partial charge in [-0.1, -0.05) is 66.2 Å². The molecule has 1 aromatic heterocycles. The monoisotopic (exact) mass is 529 g/mol. The Labute approximate surface area is 232 Å². The molecule has 192 valence electrons. The van der Waals surface area contributed by atoms with Crippen LogP contribution in [-0.2, 0) is 4.79 Å². The minimum atomic E-state index is -0.0811. The number of aryl methyl sites for hydroxylation is 1. The second-order valence-electron chi connectivity index (χ2n) is 9.11. The smallest absolute Gasteiger partial charge is 0.225 e. The van der Waals surface area contributed by atoms with E-state index in [1.807, 2.05) is 104 Å². The van der Waals surface area contributed by atoms with Crippen molar-refractivity contribution in [3.8, 4) is 34.2 Å². The average Bonchev–Trinajstić information content (AvgIpc) is 2.97. The maximum atomic E-state index is 12.8. The molecule has 0 aliphatic rings. The molecule has 0 radical (unpaired) electrons. The van der Waals surface area contributed by atoms with Crippen LogP contribution in [0.15, 0.2) is 102 Å². The number of thioether (sulfide) groups is 1. The van der Waals surface area contributed by atoms with Gasteiger partial charge in [0.25, 0.3) is 0 Å². The lowest BCUT2D eigenvalue weighted by Gasteiger charge is -2.13. The third kappa shape index (κ3) is 5.95. The summed E-state index contributed by atoms with van der Waals surface area (Å²) in [6, 6.07) is 34.0. The number of nitrogens with one attached hydrogen (secondary N) is 1. The Morgan fingerprint density at radius 2 is 1.67 bits per heavy atom. The van der Waals surface area contributed by atoms with Crippen molar-refractivity contribution < 1.29 is 9.53 Å². The highest BCUT2D eigenvalue weighted by molar-refractivity contribution is 7.99. The van der Waals surface area contributed by atoms with E-state index in [0.29, 0.717) is 16.3 Å². The molecule has 0 atom stereocenters. The van der Waals surface area contributed by atoms with Crippen molar-refractivity contribution >= 4 is 34.1 Å². The van der Waals surface area contributed by atoms with E-state index < -0.39 is 0 Å². The number of ether oxygens (including phenoxy) is 1. The van der Waals surface area contributed by atoms with E-state index in [-0.39, 0.29) is 12.3 Å². The molecular formula is C33H27N3O2S. The van der Waals surface area contributed by atoms with Crippen molar-refractivity contribution in [3.63, 3.8) is 0 Å². The van der Waals surface area contributed by atoms with Gasteiger partial charge in [-0.25, -0.2) is 4.98 Å². The van der Waals surface area contributed by atoms with Crippen molar-refractivity contribution in [2.24, 2.45) is 0 Å². The number of nitrogens with zero attached hydrogens (tertiary/aromatic N) is 2. The summed E-state index contributed by atoms with van der Waals surface area (Å²) in [6.07, 6.45) is 0.285. The first-order valence-corrected chi connectivity index (χ1v) is 13.6. The van der Waals surface area contributed by atoms with E-state index >= 15 is 0 Å². The minimum Gasteiger partial charge on any atom is -0.497 e. The van der Waals surface area contributed by atoms with Crippen LogP contribution in [0, 0.1) is 18.3 Å². The number of hydrogen-bond acceptors (Lipinski definition) is 5. The van der Waals surface area contributed by atoms with Gasteiger partial charge in [-0.2, -0.15) is 5.26 Å².